The van der Waals surface area contributed by atoms with E-state index in [1.54, 1.807) is 13.3 Å². The molecule has 0 spiro atoms. The van der Waals surface area contributed by atoms with Crippen molar-refractivity contribution in [1.82, 2.24) is 9.88 Å². The standard InChI is InChI=1S/C17H18N2O2/c1-21-16-8-4-14(5-9-16)17(20)19(15-6-7-15)12-13-3-2-10-18-11-13/h2-5,8-11,15H,6-7,12H2,1H3. The van der Waals surface area contributed by atoms with Crippen molar-refractivity contribution in [3.63, 3.8) is 0 Å². The molecule has 1 aliphatic rings. The molecule has 1 amide bonds. The number of hydrogen-bond acceptors (Lipinski definition) is 3. The highest BCUT2D eigenvalue weighted by Gasteiger charge is 2.33. The van der Waals surface area contributed by atoms with Gasteiger partial charge in [-0.2, -0.15) is 0 Å². The molecule has 0 aliphatic heterocycles. The van der Waals surface area contributed by atoms with Crippen LogP contribution in [-0.2, 0) is 6.54 Å². The van der Waals surface area contributed by atoms with E-state index in [0.29, 0.717) is 18.2 Å². The van der Waals surface area contributed by atoms with Crippen LogP contribution in [0.3, 0.4) is 0 Å². The molecule has 4 heteroatoms. The van der Waals surface area contributed by atoms with Crippen molar-refractivity contribution >= 4 is 5.91 Å². The number of carbonyl (C=O) groups is 1. The summed E-state index contributed by atoms with van der Waals surface area (Å²) in [6, 6.07) is 11.5. The lowest BCUT2D eigenvalue weighted by Gasteiger charge is -2.22. The van der Waals surface area contributed by atoms with Crippen LogP contribution in [0, 0.1) is 0 Å². The normalized spacial score (nSPS) is 13.8. The second kappa shape index (κ2) is 5.95. The van der Waals surface area contributed by atoms with E-state index in [1.165, 1.54) is 0 Å². The molecule has 2 aromatic rings. The van der Waals surface area contributed by atoms with Crippen molar-refractivity contribution < 1.29 is 9.53 Å². The third-order valence-electron chi connectivity index (χ3n) is 3.66. The molecule has 0 saturated heterocycles. The molecule has 1 heterocycles. The Labute approximate surface area is 124 Å². The number of methoxy groups -OCH3 is 1. The van der Waals surface area contributed by atoms with E-state index in [9.17, 15) is 4.79 Å². The Morgan fingerprint density at radius 3 is 2.62 bits per heavy atom. The second-order valence-electron chi connectivity index (χ2n) is 5.25. The van der Waals surface area contributed by atoms with Gasteiger partial charge in [0.1, 0.15) is 5.75 Å². The van der Waals surface area contributed by atoms with Gasteiger partial charge in [0, 0.05) is 30.5 Å². The summed E-state index contributed by atoms with van der Waals surface area (Å²) in [6.07, 6.45) is 5.73. The van der Waals surface area contributed by atoms with Crippen LogP contribution < -0.4 is 4.74 Å². The average molecular weight is 282 g/mol. The van der Waals surface area contributed by atoms with E-state index >= 15 is 0 Å². The number of pyridine rings is 1. The largest absolute Gasteiger partial charge is 0.497 e. The maximum atomic E-state index is 12.7. The summed E-state index contributed by atoms with van der Waals surface area (Å²) < 4.78 is 5.13. The SMILES string of the molecule is COc1ccc(C(=O)N(Cc2cccnc2)C2CC2)cc1. The summed E-state index contributed by atoms with van der Waals surface area (Å²) in [4.78, 5) is 18.8. The Bertz CT molecular complexity index is 606. The number of ether oxygens (including phenoxy) is 1. The zero-order valence-electron chi connectivity index (χ0n) is 12.0. The van der Waals surface area contributed by atoms with Gasteiger partial charge in [-0.25, -0.2) is 0 Å². The summed E-state index contributed by atoms with van der Waals surface area (Å²) in [5, 5.41) is 0. The first kappa shape index (κ1) is 13.6. The van der Waals surface area contributed by atoms with Crippen LogP contribution in [0.25, 0.3) is 0 Å². The summed E-state index contributed by atoms with van der Waals surface area (Å²) >= 11 is 0. The molecule has 0 atom stereocenters. The molecule has 21 heavy (non-hydrogen) atoms. The van der Waals surface area contributed by atoms with Crippen LogP contribution >= 0.6 is 0 Å². The predicted molar refractivity (Wildman–Crippen MR) is 80.1 cm³/mol. The number of benzene rings is 1. The van der Waals surface area contributed by atoms with Gasteiger partial charge in [0.2, 0.25) is 0 Å². The van der Waals surface area contributed by atoms with E-state index in [2.05, 4.69) is 4.98 Å². The minimum absolute atomic E-state index is 0.0732. The lowest BCUT2D eigenvalue weighted by atomic mass is 10.1. The van der Waals surface area contributed by atoms with Crippen molar-refractivity contribution in [2.24, 2.45) is 0 Å². The van der Waals surface area contributed by atoms with Gasteiger partial charge in [0.25, 0.3) is 5.91 Å². The van der Waals surface area contributed by atoms with Crippen molar-refractivity contribution in [2.75, 3.05) is 7.11 Å². The zero-order chi connectivity index (χ0) is 14.7. The minimum Gasteiger partial charge on any atom is -0.497 e. The molecular weight excluding hydrogens is 264 g/mol. The molecule has 108 valence electrons. The Morgan fingerprint density at radius 1 is 1.29 bits per heavy atom. The number of hydrogen-bond donors (Lipinski definition) is 0. The van der Waals surface area contributed by atoms with E-state index in [0.717, 1.165) is 24.2 Å². The lowest BCUT2D eigenvalue weighted by molar-refractivity contribution is 0.0730. The monoisotopic (exact) mass is 282 g/mol. The third kappa shape index (κ3) is 3.21. The van der Waals surface area contributed by atoms with Crippen LogP contribution in [-0.4, -0.2) is 28.9 Å². The molecule has 0 bridgehead atoms. The van der Waals surface area contributed by atoms with Gasteiger partial charge in [0.05, 0.1) is 7.11 Å². The molecule has 0 radical (unpaired) electrons. The Balaban J connectivity index is 1.78. The van der Waals surface area contributed by atoms with Gasteiger partial charge >= 0.3 is 0 Å². The second-order valence-corrected chi connectivity index (χ2v) is 5.25. The fraction of sp³-hybridized carbons (Fsp3) is 0.294. The molecule has 0 N–H and O–H groups in total. The number of carbonyl (C=O) groups excluding carboxylic acids is 1. The lowest BCUT2D eigenvalue weighted by Crippen LogP contribution is -2.32. The topological polar surface area (TPSA) is 42.4 Å². The molecular formula is C17H18N2O2. The van der Waals surface area contributed by atoms with Gasteiger partial charge in [-0.05, 0) is 48.7 Å². The summed E-state index contributed by atoms with van der Waals surface area (Å²) in [5.41, 5.74) is 1.76. The van der Waals surface area contributed by atoms with Crippen LogP contribution in [0.1, 0.15) is 28.8 Å². The van der Waals surface area contributed by atoms with Crippen molar-refractivity contribution in [2.45, 2.75) is 25.4 Å². The van der Waals surface area contributed by atoms with E-state index < -0.39 is 0 Å². The molecule has 1 saturated carbocycles. The first-order valence-corrected chi connectivity index (χ1v) is 7.12. The smallest absolute Gasteiger partial charge is 0.254 e. The fourth-order valence-electron chi connectivity index (χ4n) is 2.34. The third-order valence-corrected chi connectivity index (χ3v) is 3.66. The van der Waals surface area contributed by atoms with Gasteiger partial charge in [0.15, 0.2) is 0 Å². The minimum atomic E-state index is 0.0732. The van der Waals surface area contributed by atoms with E-state index in [-0.39, 0.29) is 5.91 Å². The number of nitrogens with zero attached hydrogens (tertiary/aromatic N) is 2. The summed E-state index contributed by atoms with van der Waals surface area (Å²) in [6.45, 7) is 0.614. The van der Waals surface area contributed by atoms with E-state index in [4.69, 9.17) is 4.74 Å². The molecule has 1 aromatic carbocycles. The maximum absolute atomic E-state index is 12.7. The Kier molecular flexibility index (Phi) is 3.86. The first-order valence-electron chi connectivity index (χ1n) is 7.12. The maximum Gasteiger partial charge on any atom is 0.254 e. The highest BCUT2D eigenvalue weighted by molar-refractivity contribution is 5.94. The quantitative estimate of drug-likeness (QED) is 0.847. The van der Waals surface area contributed by atoms with Gasteiger partial charge in [-0.15, -0.1) is 0 Å². The zero-order valence-corrected chi connectivity index (χ0v) is 12.0. The number of amides is 1. The van der Waals surface area contributed by atoms with Crippen LogP contribution in [0.5, 0.6) is 5.75 Å². The number of aromatic nitrogens is 1. The molecule has 3 rings (SSSR count). The Hall–Kier alpha value is -2.36. The van der Waals surface area contributed by atoms with Crippen molar-refractivity contribution in [3.8, 4) is 5.75 Å². The molecule has 0 unspecified atom stereocenters. The average Bonchev–Trinajstić information content (AvgIpc) is 3.38. The fourth-order valence-corrected chi connectivity index (χ4v) is 2.34. The van der Waals surface area contributed by atoms with Crippen LogP contribution in [0.4, 0.5) is 0 Å². The number of rotatable bonds is 5. The van der Waals surface area contributed by atoms with Crippen LogP contribution in [0.2, 0.25) is 0 Å². The molecule has 1 fully saturated rings. The van der Waals surface area contributed by atoms with Gasteiger partial charge in [-0.3, -0.25) is 9.78 Å². The molecule has 1 aromatic heterocycles. The van der Waals surface area contributed by atoms with Gasteiger partial charge in [-0.1, -0.05) is 6.07 Å². The van der Waals surface area contributed by atoms with Gasteiger partial charge < -0.3 is 9.64 Å². The predicted octanol–water partition coefficient (Wildman–Crippen LogP) is 2.90. The highest BCUT2D eigenvalue weighted by atomic mass is 16.5. The summed E-state index contributed by atoms with van der Waals surface area (Å²) in [7, 11) is 1.62. The van der Waals surface area contributed by atoms with E-state index in [1.807, 2.05) is 47.5 Å². The van der Waals surface area contributed by atoms with Crippen molar-refractivity contribution in [1.29, 1.82) is 0 Å². The Morgan fingerprint density at radius 2 is 2.05 bits per heavy atom. The summed E-state index contributed by atoms with van der Waals surface area (Å²) in [5.74, 6) is 0.834. The molecule has 1 aliphatic carbocycles. The van der Waals surface area contributed by atoms with Crippen molar-refractivity contribution in [3.05, 3.63) is 59.9 Å². The first-order chi connectivity index (χ1) is 10.3. The molecule has 4 nitrogen and oxygen atoms in total. The van der Waals surface area contributed by atoms with Crippen LogP contribution in [0.15, 0.2) is 48.8 Å². The highest BCUT2D eigenvalue weighted by Crippen LogP contribution is 2.30.